The van der Waals surface area contributed by atoms with Crippen molar-refractivity contribution in [3.8, 4) is 0 Å². The van der Waals surface area contributed by atoms with Crippen molar-refractivity contribution in [1.29, 1.82) is 0 Å². The Balaban J connectivity index is 2.32. The standard InChI is InChI=1S/C12H24O/c1-3-13-11-12(2)9-7-5-4-6-8-10-12/h3-11H2,1-2H3. The Bertz CT molecular complexity index is 118. The van der Waals surface area contributed by atoms with Gasteiger partial charge >= 0.3 is 0 Å². The summed E-state index contributed by atoms with van der Waals surface area (Å²) < 4.78 is 5.57. The molecule has 13 heavy (non-hydrogen) atoms. The van der Waals surface area contributed by atoms with Crippen molar-refractivity contribution in [3.63, 3.8) is 0 Å². The topological polar surface area (TPSA) is 9.23 Å². The van der Waals surface area contributed by atoms with E-state index >= 15 is 0 Å². The SMILES string of the molecule is CCOCC1(C)CCCCCCC1. The fraction of sp³-hybridized carbons (Fsp3) is 1.00. The molecule has 1 aliphatic carbocycles. The van der Waals surface area contributed by atoms with Crippen LogP contribution in [0.5, 0.6) is 0 Å². The minimum Gasteiger partial charge on any atom is -0.381 e. The molecular formula is C12H24O. The molecule has 1 aliphatic rings. The Morgan fingerprint density at radius 1 is 1.00 bits per heavy atom. The summed E-state index contributed by atoms with van der Waals surface area (Å²) in [6.45, 7) is 6.33. The van der Waals surface area contributed by atoms with Crippen molar-refractivity contribution >= 4 is 0 Å². The van der Waals surface area contributed by atoms with E-state index in [0.29, 0.717) is 5.41 Å². The molecular weight excluding hydrogens is 160 g/mol. The van der Waals surface area contributed by atoms with E-state index in [1.165, 1.54) is 44.9 Å². The minimum atomic E-state index is 0.483. The first-order valence-corrected chi connectivity index (χ1v) is 5.85. The Morgan fingerprint density at radius 2 is 1.54 bits per heavy atom. The second kappa shape index (κ2) is 5.64. The van der Waals surface area contributed by atoms with Crippen molar-refractivity contribution < 1.29 is 4.74 Å². The highest BCUT2D eigenvalue weighted by Gasteiger charge is 2.24. The molecule has 0 spiro atoms. The van der Waals surface area contributed by atoms with Crippen molar-refractivity contribution in [3.05, 3.63) is 0 Å². The minimum absolute atomic E-state index is 0.483. The van der Waals surface area contributed by atoms with Crippen molar-refractivity contribution in [1.82, 2.24) is 0 Å². The van der Waals surface area contributed by atoms with Gasteiger partial charge in [0.2, 0.25) is 0 Å². The zero-order valence-electron chi connectivity index (χ0n) is 9.27. The molecule has 1 saturated carbocycles. The van der Waals surface area contributed by atoms with Crippen LogP contribution in [0.25, 0.3) is 0 Å². The Hall–Kier alpha value is -0.0400. The molecule has 0 aromatic heterocycles. The monoisotopic (exact) mass is 184 g/mol. The van der Waals surface area contributed by atoms with Gasteiger partial charge in [-0.25, -0.2) is 0 Å². The first kappa shape index (κ1) is 11.0. The van der Waals surface area contributed by atoms with Crippen LogP contribution in [0, 0.1) is 5.41 Å². The van der Waals surface area contributed by atoms with Gasteiger partial charge in [0.25, 0.3) is 0 Å². The molecule has 78 valence electrons. The molecule has 0 atom stereocenters. The highest BCUT2D eigenvalue weighted by atomic mass is 16.5. The van der Waals surface area contributed by atoms with Crippen LogP contribution in [0.15, 0.2) is 0 Å². The molecule has 0 aromatic carbocycles. The van der Waals surface area contributed by atoms with E-state index in [2.05, 4.69) is 13.8 Å². The fourth-order valence-corrected chi connectivity index (χ4v) is 2.25. The Kier molecular flexibility index (Phi) is 4.79. The fourth-order valence-electron chi connectivity index (χ4n) is 2.25. The second-order valence-electron chi connectivity index (χ2n) is 4.72. The number of rotatable bonds is 3. The highest BCUT2D eigenvalue weighted by molar-refractivity contribution is 4.75. The number of hydrogen-bond donors (Lipinski definition) is 0. The van der Waals surface area contributed by atoms with Crippen LogP contribution in [-0.2, 0) is 4.74 Å². The molecule has 0 aliphatic heterocycles. The first-order valence-electron chi connectivity index (χ1n) is 5.85. The van der Waals surface area contributed by atoms with Gasteiger partial charge in [-0.1, -0.05) is 39.0 Å². The van der Waals surface area contributed by atoms with E-state index < -0.39 is 0 Å². The lowest BCUT2D eigenvalue weighted by Crippen LogP contribution is -2.24. The van der Waals surface area contributed by atoms with E-state index in [-0.39, 0.29) is 0 Å². The van der Waals surface area contributed by atoms with E-state index in [4.69, 9.17) is 4.74 Å². The molecule has 1 fully saturated rings. The predicted octanol–water partition coefficient (Wildman–Crippen LogP) is 3.77. The first-order chi connectivity index (χ1) is 6.27. The smallest absolute Gasteiger partial charge is 0.0519 e. The molecule has 0 unspecified atom stereocenters. The Labute approximate surface area is 82.9 Å². The van der Waals surface area contributed by atoms with Gasteiger partial charge in [0.15, 0.2) is 0 Å². The maximum atomic E-state index is 5.57. The molecule has 0 heterocycles. The Morgan fingerprint density at radius 3 is 2.08 bits per heavy atom. The summed E-state index contributed by atoms with van der Waals surface area (Å²) >= 11 is 0. The summed E-state index contributed by atoms with van der Waals surface area (Å²) in [5, 5.41) is 0. The molecule has 0 N–H and O–H groups in total. The van der Waals surface area contributed by atoms with Gasteiger partial charge in [-0.15, -0.1) is 0 Å². The summed E-state index contributed by atoms with van der Waals surface area (Å²) in [7, 11) is 0. The van der Waals surface area contributed by atoms with Crippen molar-refractivity contribution in [2.75, 3.05) is 13.2 Å². The molecule has 1 heteroatoms. The van der Waals surface area contributed by atoms with Gasteiger partial charge in [-0.05, 0) is 25.2 Å². The quantitative estimate of drug-likeness (QED) is 0.648. The van der Waals surface area contributed by atoms with E-state index in [9.17, 15) is 0 Å². The zero-order chi connectivity index (χ0) is 9.57. The lowest BCUT2D eigenvalue weighted by molar-refractivity contribution is 0.0444. The summed E-state index contributed by atoms with van der Waals surface area (Å²) in [4.78, 5) is 0. The molecule has 0 amide bonds. The number of ether oxygens (including phenoxy) is 1. The average molecular weight is 184 g/mol. The summed E-state index contributed by atoms with van der Waals surface area (Å²) in [5.74, 6) is 0. The van der Waals surface area contributed by atoms with Gasteiger partial charge in [0, 0.05) is 6.61 Å². The van der Waals surface area contributed by atoms with Crippen LogP contribution >= 0.6 is 0 Å². The van der Waals surface area contributed by atoms with Gasteiger partial charge in [-0.3, -0.25) is 0 Å². The van der Waals surface area contributed by atoms with Gasteiger partial charge in [0.1, 0.15) is 0 Å². The van der Waals surface area contributed by atoms with Crippen LogP contribution in [0.2, 0.25) is 0 Å². The van der Waals surface area contributed by atoms with Crippen LogP contribution in [0.4, 0.5) is 0 Å². The third kappa shape index (κ3) is 4.12. The molecule has 1 rings (SSSR count). The maximum Gasteiger partial charge on any atom is 0.0519 e. The van der Waals surface area contributed by atoms with Crippen LogP contribution in [0.1, 0.15) is 58.8 Å². The average Bonchev–Trinajstić information content (AvgIpc) is 2.09. The highest BCUT2D eigenvalue weighted by Crippen LogP contribution is 2.33. The van der Waals surface area contributed by atoms with E-state index in [0.717, 1.165) is 13.2 Å². The largest absolute Gasteiger partial charge is 0.381 e. The molecule has 1 nitrogen and oxygen atoms in total. The maximum absolute atomic E-state index is 5.57. The summed E-state index contributed by atoms with van der Waals surface area (Å²) in [6.07, 6.45) is 9.86. The molecule has 0 aromatic rings. The normalized spacial score (nSPS) is 23.5. The second-order valence-corrected chi connectivity index (χ2v) is 4.72. The molecule has 0 saturated heterocycles. The summed E-state index contributed by atoms with van der Waals surface area (Å²) in [5.41, 5.74) is 0.483. The van der Waals surface area contributed by atoms with Gasteiger partial charge in [0.05, 0.1) is 6.61 Å². The van der Waals surface area contributed by atoms with Crippen molar-refractivity contribution in [2.45, 2.75) is 58.8 Å². The van der Waals surface area contributed by atoms with Crippen LogP contribution in [-0.4, -0.2) is 13.2 Å². The van der Waals surface area contributed by atoms with Crippen LogP contribution < -0.4 is 0 Å². The molecule has 0 radical (unpaired) electrons. The van der Waals surface area contributed by atoms with Crippen molar-refractivity contribution in [2.24, 2.45) is 5.41 Å². The predicted molar refractivity (Wildman–Crippen MR) is 56.9 cm³/mol. The van der Waals surface area contributed by atoms with Gasteiger partial charge < -0.3 is 4.74 Å². The van der Waals surface area contributed by atoms with E-state index in [1.807, 2.05) is 0 Å². The van der Waals surface area contributed by atoms with Gasteiger partial charge in [-0.2, -0.15) is 0 Å². The third-order valence-corrected chi connectivity index (χ3v) is 3.22. The zero-order valence-corrected chi connectivity index (χ0v) is 9.27. The third-order valence-electron chi connectivity index (χ3n) is 3.22. The van der Waals surface area contributed by atoms with Crippen LogP contribution in [0.3, 0.4) is 0 Å². The lowest BCUT2D eigenvalue weighted by Gasteiger charge is -2.31. The van der Waals surface area contributed by atoms with E-state index in [1.54, 1.807) is 0 Å². The summed E-state index contributed by atoms with van der Waals surface area (Å²) in [6, 6.07) is 0. The lowest BCUT2D eigenvalue weighted by atomic mass is 9.79. The molecule has 0 bridgehead atoms. The number of hydrogen-bond acceptors (Lipinski definition) is 1.